The Morgan fingerprint density at radius 2 is 1.91 bits per heavy atom. The van der Waals surface area contributed by atoms with E-state index in [0.29, 0.717) is 5.70 Å². The fourth-order valence-corrected chi connectivity index (χ4v) is 3.76. The van der Waals surface area contributed by atoms with Gasteiger partial charge in [0.25, 0.3) is 0 Å². The monoisotopic (exact) mass is 371 g/mol. The normalized spacial score (nSPS) is 15.8. The lowest BCUT2D eigenvalue weighted by Crippen LogP contribution is -2.15. The zero-order chi connectivity index (χ0) is 16.8. The molecule has 2 N–H and O–H groups in total. The highest BCUT2D eigenvalue weighted by Gasteiger charge is 2.37. The maximum Gasteiger partial charge on any atom is 0.123 e. The summed E-state index contributed by atoms with van der Waals surface area (Å²) in [6.45, 7) is 6.20. The van der Waals surface area contributed by atoms with Crippen LogP contribution >= 0.6 is 15.9 Å². The van der Waals surface area contributed by atoms with Crippen LogP contribution < -0.4 is 5.73 Å². The van der Waals surface area contributed by atoms with Gasteiger partial charge in [-0.3, -0.25) is 0 Å². The van der Waals surface area contributed by atoms with Gasteiger partial charge in [-0.05, 0) is 59.5 Å². The van der Waals surface area contributed by atoms with E-state index in [-0.39, 0.29) is 11.2 Å². The quantitative estimate of drug-likeness (QED) is 0.666. The third kappa shape index (κ3) is 2.53. The SMILES string of the molecule is C/C=C\C=C(/N)c1cc(Br)cc2c1-c1ccc(F)cc1C2(C)C. The van der Waals surface area contributed by atoms with Gasteiger partial charge in [-0.25, -0.2) is 4.39 Å². The van der Waals surface area contributed by atoms with E-state index in [0.717, 1.165) is 26.7 Å². The number of hydrogen-bond acceptors (Lipinski definition) is 1. The van der Waals surface area contributed by atoms with E-state index in [2.05, 4.69) is 35.8 Å². The Labute approximate surface area is 144 Å². The van der Waals surface area contributed by atoms with Gasteiger partial charge in [0.1, 0.15) is 5.82 Å². The summed E-state index contributed by atoms with van der Waals surface area (Å²) in [4.78, 5) is 0. The maximum absolute atomic E-state index is 13.8. The summed E-state index contributed by atoms with van der Waals surface area (Å²) < 4.78 is 14.8. The molecule has 3 heteroatoms. The second-order valence-corrected chi connectivity index (χ2v) is 7.25. The van der Waals surface area contributed by atoms with E-state index in [1.807, 2.05) is 37.3 Å². The third-order valence-corrected chi connectivity index (χ3v) is 4.94. The van der Waals surface area contributed by atoms with Crippen molar-refractivity contribution in [3.05, 3.63) is 75.5 Å². The minimum atomic E-state index is -0.258. The van der Waals surface area contributed by atoms with E-state index < -0.39 is 0 Å². The van der Waals surface area contributed by atoms with Crippen LogP contribution in [0.3, 0.4) is 0 Å². The number of hydrogen-bond donors (Lipinski definition) is 1. The molecule has 0 saturated heterocycles. The number of benzene rings is 2. The van der Waals surface area contributed by atoms with Crippen LogP contribution in [-0.4, -0.2) is 0 Å². The molecule has 0 amide bonds. The molecule has 0 aliphatic heterocycles. The first kappa shape index (κ1) is 16.0. The Bertz CT molecular complexity index is 847. The predicted octanol–water partition coefficient (Wildman–Crippen LogP) is 5.77. The molecule has 0 fully saturated rings. The highest BCUT2D eigenvalue weighted by atomic mass is 79.9. The van der Waals surface area contributed by atoms with Crippen molar-refractivity contribution in [1.82, 2.24) is 0 Å². The Morgan fingerprint density at radius 1 is 1.17 bits per heavy atom. The van der Waals surface area contributed by atoms with Crippen molar-refractivity contribution in [3.63, 3.8) is 0 Å². The lowest BCUT2D eigenvalue weighted by atomic mass is 9.82. The zero-order valence-corrected chi connectivity index (χ0v) is 15.0. The van der Waals surface area contributed by atoms with Gasteiger partial charge in [-0.1, -0.05) is 48.0 Å². The summed E-state index contributed by atoms with van der Waals surface area (Å²) in [5, 5.41) is 0. The average molecular weight is 372 g/mol. The van der Waals surface area contributed by atoms with E-state index in [4.69, 9.17) is 5.73 Å². The first-order valence-corrected chi connectivity index (χ1v) is 8.39. The fraction of sp³-hybridized carbons (Fsp3) is 0.200. The van der Waals surface area contributed by atoms with E-state index >= 15 is 0 Å². The number of fused-ring (bicyclic) bond motifs is 3. The highest BCUT2D eigenvalue weighted by Crippen LogP contribution is 2.51. The second-order valence-electron chi connectivity index (χ2n) is 6.34. The lowest BCUT2D eigenvalue weighted by molar-refractivity contribution is 0.609. The molecule has 0 unspecified atom stereocenters. The zero-order valence-electron chi connectivity index (χ0n) is 13.5. The van der Waals surface area contributed by atoms with Crippen LogP contribution in [0.5, 0.6) is 0 Å². The Morgan fingerprint density at radius 3 is 2.61 bits per heavy atom. The summed E-state index contributed by atoms with van der Waals surface area (Å²) in [5.74, 6) is -0.206. The van der Waals surface area contributed by atoms with Crippen molar-refractivity contribution >= 4 is 21.6 Å². The van der Waals surface area contributed by atoms with Crippen molar-refractivity contribution in [1.29, 1.82) is 0 Å². The Balaban J connectivity index is 2.36. The van der Waals surface area contributed by atoms with Crippen LogP contribution in [0.25, 0.3) is 16.8 Å². The molecule has 1 aliphatic carbocycles. The van der Waals surface area contributed by atoms with Crippen molar-refractivity contribution in [2.45, 2.75) is 26.2 Å². The molecule has 3 rings (SSSR count). The van der Waals surface area contributed by atoms with Crippen molar-refractivity contribution < 1.29 is 4.39 Å². The molecule has 0 heterocycles. The second kappa shape index (κ2) is 5.64. The van der Waals surface area contributed by atoms with Gasteiger partial charge in [-0.2, -0.15) is 0 Å². The minimum absolute atomic E-state index is 0.206. The van der Waals surface area contributed by atoms with Gasteiger partial charge < -0.3 is 5.73 Å². The van der Waals surface area contributed by atoms with Crippen molar-refractivity contribution in [3.8, 4) is 11.1 Å². The van der Waals surface area contributed by atoms with Gasteiger partial charge in [-0.15, -0.1) is 0 Å². The van der Waals surface area contributed by atoms with Gasteiger partial charge in [0.05, 0.1) is 0 Å². The van der Waals surface area contributed by atoms with Crippen LogP contribution in [-0.2, 0) is 5.41 Å². The molecule has 1 aliphatic rings. The molecular formula is C20H19BrFN. The molecule has 0 atom stereocenters. The number of nitrogens with two attached hydrogens (primary N) is 1. The molecule has 118 valence electrons. The van der Waals surface area contributed by atoms with Gasteiger partial charge >= 0.3 is 0 Å². The van der Waals surface area contributed by atoms with E-state index in [9.17, 15) is 4.39 Å². The molecule has 23 heavy (non-hydrogen) atoms. The number of allylic oxidation sites excluding steroid dienone is 3. The van der Waals surface area contributed by atoms with Gasteiger partial charge in [0.15, 0.2) is 0 Å². The summed E-state index contributed by atoms with van der Waals surface area (Å²) in [5.41, 5.74) is 12.1. The maximum atomic E-state index is 13.8. The topological polar surface area (TPSA) is 26.0 Å². The molecule has 0 radical (unpaired) electrons. The van der Waals surface area contributed by atoms with Crippen molar-refractivity contribution in [2.75, 3.05) is 0 Å². The van der Waals surface area contributed by atoms with Crippen LogP contribution in [0, 0.1) is 5.82 Å². The molecule has 2 aromatic rings. The summed E-state index contributed by atoms with van der Waals surface area (Å²) >= 11 is 3.59. The Hall–Kier alpha value is -1.87. The minimum Gasteiger partial charge on any atom is -0.398 e. The third-order valence-electron chi connectivity index (χ3n) is 4.48. The van der Waals surface area contributed by atoms with Gasteiger partial charge in [0.2, 0.25) is 0 Å². The van der Waals surface area contributed by atoms with Gasteiger partial charge in [0, 0.05) is 21.1 Å². The first-order chi connectivity index (χ1) is 10.9. The summed E-state index contributed by atoms with van der Waals surface area (Å²) in [7, 11) is 0. The van der Waals surface area contributed by atoms with E-state index in [1.54, 1.807) is 6.07 Å². The fourth-order valence-electron chi connectivity index (χ4n) is 3.30. The molecule has 0 bridgehead atoms. The first-order valence-electron chi connectivity index (χ1n) is 7.59. The standard InChI is InChI=1S/C20H19BrFN/c1-4-5-6-18(23)15-9-12(21)10-17-19(15)14-8-7-13(22)11-16(14)20(17,2)3/h4-11H,23H2,1-3H3/b5-4-,18-6-. The number of halogens is 2. The van der Waals surface area contributed by atoms with Crippen LogP contribution in [0.2, 0.25) is 0 Å². The predicted molar refractivity (Wildman–Crippen MR) is 98.6 cm³/mol. The highest BCUT2D eigenvalue weighted by molar-refractivity contribution is 9.10. The van der Waals surface area contributed by atoms with E-state index in [1.165, 1.54) is 11.6 Å². The summed E-state index contributed by atoms with van der Waals surface area (Å²) in [6, 6.07) is 9.15. The van der Waals surface area contributed by atoms with Crippen molar-refractivity contribution in [2.24, 2.45) is 5.73 Å². The van der Waals surface area contributed by atoms with Crippen LogP contribution in [0.4, 0.5) is 4.39 Å². The lowest BCUT2D eigenvalue weighted by Gasteiger charge is -2.22. The molecule has 0 saturated carbocycles. The molecule has 0 spiro atoms. The average Bonchev–Trinajstić information content (AvgIpc) is 2.72. The van der Waals surface area contributed by atoms with Crippen LogP contribution in [0.1, 0.15) is 37.5 Å². The molecule has 1 nitrogen and oxygen atoms in total. The Kier molecular flexibility index (Phi) is 3.93. The molecule has 2 aromatic carbocycles. The number of rotatable bonds is 2. The largest absolute Gasteiger partial charge is 0.398 e. The smallest absolute Gasteiger partial charge is 0.123 e. The molecule has 0 aromatic heterocycles. The molecular weight excluding hydrogens is 353 g/mol. The van der Waals surface area contributed by atoms with Crippen LogP contribution in [0.15, 0.2) is 53.0 Å². The summed E-state index contributed by atoms with van der Waals surface area (Å²) in [6.07, 6.45) is 5.77.